The molecule has 3 unspecified atom stereocenters. The molecule has 6 heteroatoms. The van der Waals surface area contributed by atoms with Crippen LogP contribution >= 0.6 is 23.4 Å². The summed E-state index contributed by atoms with van der Waals surface area (Å²) < 4.78 is 0. The van der Waals surface area contributed by atoms with Crippen LogP contribution in [0.15, 0.2) is 12.1 Å². The van der Waals surface area contributed by atoms with E-state index in [0.29, 0.717) is 15.5 Å². The number of carbonyl (C=O) groups is 1. The van der Waals surface area contributed by atoms with E-state index in [2.05, 4.69) is 24.1 Å². The molecular formula is C14H18ClN3OS. The van der Waals surface area contributed by atoms with E-state index in [1.165, 1.54) is 0 Å². The van der Waals surface area contributed by atoms with Crippen LogP contribution in [-0.2, 0) is 4.79 Å². The van der Waals surface area contributed by atoms with Crippen molar-refractivity contribution in [2.75, 3.05) is 23.3 Å². The molecule has 3 rings (SSSR count). The first-order valence-electron chi connectivity index (χ1n) is 6.76. The van der Waals surface area contributed by atoms with Crippen LogP contribution in [0.4, 0.5) is 11.4 Å². The normalized spacial score (nSPS) is 29.3. The van der Waals surface area contributed by atoms with Crippen molar-refractivity contribution >= 4 is 40.6 Å². The Kier molecular flexibility index (Phi) is 3.60. The summed E-state index contributed by atoms with van der Waals surface area (Å²) in [6, 6.07) is 3.18. The van der Waals surface area contributed by atoms with E-state index in [1.54, 1.807) is 0 Å². The molecule has 2 aliphatic heterocycles. The van der Waals surface area contributed by atoms with E-state index in [-0.39, 0.29) is 5.91 Å². The Morgan fingerprint density at radius 1 is 1.35 bits per heavy atom. The summed E-state index contributed by atoms with van der Waals surface area (Å²) in [4.78, 5) is 13.9. The molecule has 1 fully saturated rings. The number of carbonyl (C=O) groups excluding carboxylic acids is 1. The zero-order valence-electron chi connectivity index (χ0n) is 11.5. The predicted molar refractivity (Wildman–Crippen MR) is 85.7 cm³/mol. The van der Waals surface area contributed by atoms with Crippen LogP contribution in [0.5, 0.6) is 0 Å². The molecule has 1 saturated heterocycles. The summed E-state index contributed by atoms with van der Waals surface area (Å²) in [5.74, 6) is -0.163. The molecular weight excluding hydrogens is 294 g/mol. The summed E-state index contributed by atoms with van der Waals surface area (Å²) in [5, 5.41) is 4.63. The third kappa shape index (κ3) is 2.38. The fourth-order valence-corrected chi connectivity index (χ4v) is 4.53. The zero-order valence-corrected chi connectivity index (χ0v) is 13.1. The highest BCUT2D eigenvalue weighted by Gasteiger charge is 2.30. The Morgan fingerprint density at radius 2 is 2.00 bits per heavy atom. The van der Waals surface area contributed by atoms with Crippen LogP contribution in [0.25, 0.3) is 0 Å². The Hall–Kier alpha value is -0.910. The van der Waals surface area contributed by atoms with Gasteiger partial charge in [0.05, 0.1) is 10.7 Å². The fraction of sp³-hybridized carbons (Fsp3) is 0.500. The molecule has 108 valence electrons. The number of hydrogen-bond donors (Lipinski definition) is 2. The molecule has 0 aromatic heterocycles. The number of nitrogens with two attached hydrogens (primary N) is 1. The minimum atomic E-state index is -0.605. The molecule has 2 aliphatic rings. The van der Waals surface area contributed by atoms with Crippen molar-refractivity contribution < 1.29 is 4.79 Å². The molecule has 2 heterocycles. The zero-order chi connectivity index (χ0) is 14.4. The molecule has 1 amide bonds. The number of thioether (sulfide) groups is 1. The van der Waals surface area contributed by atoms with Crippen molar-refractivity contribution in [2.45, 2.75) is 30.4 Å². The standard InChI is InChI=1S/C14H18ClN3OS/c1-7-5-18(6-8(2)20-7)12-4-11-9(3-10(12)15)13(16)14(19)17-11/h3-4,7-8,13H,5-6,16H2,1-2H3,(H,17,19). The molecule has 3 atom stereocenters. The third-order valence-electron chi connectivity index (χ3n) is 3.75. The van der Waals surface area contributed by atoms with E-state index < -0.39 is 6.04 Å². The minimum absolute atomic E-state index is 0.163. The van der Waals surface area contributed by atoms with E-state index in [4.69, 9.17) is 17.3 Å². The number of fused-ring (bicyclic) bond motifs is 1. The summed E-state index contributed by atoms with van der Waals surface area (Å²) in [6.45, 7) is 6.39. The Labute approximate surface area is 128 Å². The molecule has 0 radical (unpaired) electrons. The molecule has 1 aromatic rings. The van der Waals surface area contributed by atoms with Crippen molar-refractivity contribution in [3.05, 3.63) is 22.7 Å². The van der Waals surface area contributed by atoms with E-state index in [9.17, 15) is 4.79 Å². The van der Waals surface area contributed by atoms with Crippen molar-refractivity contribution in [3.8, 4) is 0 Å². The fourth-order valence-electron chi connectivity index (χ4n) is 2.91. The van der Waals surface area contributed by atoms with E-state index in [1.807, 2.05) is 23.9 Å². The second-order valence-corrected chi connectivity index (χ2v) is 7.81. The van der Waals surface area contributed by atoms with Crippen molar-refractivity contribution in [1.82, 2.24) is 0 Å². The lowest BCUT2D eigenvalue weighted by Gasteiger charge is -2.36. The summed E-state index contributed by atoms with van der Waals surface area (Å²) in [7, 11) is 0. The van der Waals surface area contributed by atoms with Crippen molar-refractivity contribution in [1.29, 1.82) is 0 Å². The number of hydrogen-bond acceptors (Lipinski definition) is 4. The highest BCUT2D eigenvalue weighted by atomic mass is 35.5. The molecule has 0 aliphatic carbocycles. The SMILES string of the molecule is CC1CN(c2cc3c(cc2Cl)C(N)C(=O)N3)CC(C)S1. The molecule has 0 spiro atoms. The summed E-state index contributed by atoms with van der Waals surface area (Å²) in [6.07, 6.45) is 0. The van der Waals surface area contributed by atoms with Gasteiger partial charge in [0.2, 0.25) is 5.91 Å². The first-order chi connectivity index (χ1) is 9.45. The van der Waals surface area contributed by atoms with Crippen LogP contribution < -0.4 is 16.0 Å². The molecule has 1 aromatic carbocycles. The Bertz CT molecular complexity index is 556. The number of nitrogens with zero attached hydrogens (tertiary/aromatic N) is 1. The quantitative estimate of drug-likeness (QED) is 0.837. The first kappa shape index (κ1) is 14.0. The van der Waals surface area contributed by atoms with Gasteiger partial charge in [-0.15, -0.1) is 0 Å². The lowest BCUT2D eigenvalue weighted by Crippen LogP contribution is -2.40. The number of halogens is 1. The minimum Gasteiger partial charge on any atom is -0.368 e. The van der Waals surface area contributed by atoms with Gasteiger partial charge in [0, 0.05) is 34.8 Å². The van der Waals surface area contributed by atoms with Gasteiger partial charge in [0.15, 0.2) is 0 Å². The maximum Gasteiger partial charge on any atom is 0.245 e. The summed E-state index contributed by atoms with van der Waals surface area (Å²) >= 11 is 8.40. The van der Waals surface area contributed by atoms with Crippen molar-refractivity contribution in [3.63, 3.8) is 0 Å². The molecule has 20 heavy (non-hydrogen) atoms. The third-order valence-corrected chi connectivity index (χ3v) is 5.28. The van der Waals surface area contributed by atoms with Crippen LogP contribution in [0.3, 0.4) is 0 Å². The average Bonchev–Trinajstić information content (AvgIpc) is 2.63. The molecule has 0 bridgehead atoms. The largest absolute Gasteiger partial charge is 0.368 e. The second-order valence-electron chi connectivity index (χ2n) is 5.52. The molecule has 3 N–H and O–H groups in total. The monoisotopic (exact) mass is 311 g/mol. The van der Waals surface area contributed by atoms with Gasteiger partial charge >= 0.3 is 0 Å². The predicted octanol–water partition coefficient (Wildman–Crippen LogP) is 2.62. The number of amides is 1. The highest BCUT2D eigenvalue weighted by molar-refractivity contribution is 8.00. The highest BCUT2D eigenvalue weighted by Crippen LogP contribution is 2.40. The van der Waals surface area contributed by atoms with Gasteiger partial charge in [0.25, 0.3) is 0 Å². The van der Waals surface area contributed by atoms with Gasteiger partial charge in [-0.2, -0.15) is 11.8 Å². The van der Waals surface area contributed by atoms with E-state index in [0.717, 1.165) is 30.0 Å². The lowest BCUT2D eigenvalue weighted by atomic mass is 10.1. The number of anilines is 2. The van der Waals surface area contributed by atoms with Crippen LogP contribution in [-0.4, -0.2) is 29.5 Å². The average molecular weight is 312 g/mol. The number of rotatable bonds is 1. The van der Waals surface area contributed by atoms with Gasteiger partial charge < -0.3 is 16.0 Å². The lowest BCUT2D eigenvalue weighted by molar-refractivity contribution is -0.116. The van der Waals surface area contributed by atoms with Crippen LogP contribution in [0, 0.1) is 0 Å². The number of nitrogens with one attached hydrogen (secondary N) is 1. The Morgan fingerprint density at radius 3 is 2.65 bits per heavy atom. The maximum atomic E-state index is 11.6. The van der Waals surface area contributed by atoms with Gasteiger partial charge in [-0.1, -0.05) is 25.4 Å². The van der Waals surface area contributed by atoms with Gasteiger partial charge in [-0.3, -0.25) is 4.79 Å². The number of benzene rings is 1. The van der Waals surface area contributed by atoms with Crippen LogP contribution in [0.1, 0.15) is 25.5 Å². The van der Waals surface area contributed by atoms with Crippen molar-refractivity contribution in [2.24, 2.45) is 5.73 Å². The maximum absolute atomic E-state index is 11.6. The molecule has 0 saturated carbocycles. The van der Waals surface area contributed by atoms with Gasteiger partial charge in [-0.25, -0.2) is 0 Å². The topological polar surface area (TPSA) is 58.4 Å². The van der Waals surface area contributed by atoms with Gasteiger partial charge in [0.1, 0.15) is 6.04 Å². The van der Waals surface area contributed by atoms with Gasteiger partial charge in [-0.05, 0) is 12.1 Å². The second kappa shape index (κ2) is 5.13. The van der Waals surface area contributed by atoms with E-state index >= 15 is 0 Å². The Balaban J connectivity index is 1.95. The smallest absolute Gasteiger partial charge is 0.245 e. The summed E-state index contributed by atoms with van der Waals surface area (Å²) in [5.41, 5.74) is 8.41. The molecule has 4 nitrogen and oxygen atoms in total. The van der Waals surface area contributed by atoms with Crippen LogP contribution in [0.2, 0.25) is 5.02 Å². The first-order valence-corrected chi connectivity index (χ1v) is 8.08.